The van der Waals surface area contributed by atoms with Gasteiger partial charge in [0.2, 0.25) is 0 Å². The predicted molar refractivity (Wildman–Crippen MR) is 186 cm³/mol. The molecule has 8 nitrogen and oxygen atoms in total. The van der Waals surface area contributed by atoms with Crippen LogP contribution in [-0.2, 0) is 10.9 Å². The summed E-state index contributed by atoms with van der Waals surface area (Å²) in [5.74, 6) is 2.18. The van der Waals surface area contributed by atoms with Gasteiger partial charge in [-0.3, -0.25) is 0 Å². The zero-order valence-corrected chi connectivity index (χ0v) is 28.5. The Hall–Kier alpha value is -3.89. The number of nitrogens with zero attached hydrogens (tertiary/aromatic N) is 4. The number of hydrogen-bond acceptors (Lipinski definition) is 8. The monoisotopic (exact) mass is 721 g/mol. The molecule has 4 unspecified atom stereocenters. The zero-order chi connectivity index (χ0) is 35.2. The van der Waals surface area contributed by atoms with E-state index in [9.17, 15) is 5.11 Å². The minimum absolute atomic E-state index is 0.0659. The molecule has 4 saturated heterocycles. The highest BCUT2D eigenvalue weighted by Crippen LogP contribution is 2.49. The van der Waals surface area contributed by atoms with Gasteiger partial charge >= 0.3 is 12.2 Å². The van der Waals surface area contributed by atoms with Gasteiger partial charge in [0, 0.05) is 78.4 Å². The van der Waals surface area contributed by atoms with E-state index in [1.807, 2.05) is 4.90 Å². The summed E-state index contributed by atoms with van der Waals surface area (Å²) >= 11 is 6.40. The first kappa shape index (κ1) is 33.0. The Bertz CT molecular complexity index is 2090. The second kappa shape index (κ2) is 12.1. The first-order valence-electron chi connectivity index (χ1n) is 17.5. The molecule has 5 heterocycles. The highest BCUT2D eigenvalue weighted by atomic mass is 35.5. The van der Waals surface area contributed by atoms with Crippen molar-refractivity contribution in [1.29, 1.82) is 0 Å². The average Bonchev–Trinajstić information content (AvgIpc) is 3.33. The number of fused-ring (bicyclic) bond motifs is 5. The minimum atomic E-state index is -5.00. The number of hydrogen-bond donors (Lipinski definition) is 2. The zero-order valence-electron chi connectivity index (χ0n) is 27.7. The van der Waals surface area contributed by atoms with Crippen molar-refractivity contribution in [3.05, 3.63) is 52.3 Å². The number of aromatic nitrogens is 2. The van der Waals surface area contributed by atoms with Crippen molar-refractivity contribution < 1.29 is 32.1 Å². The van der Waals surface area contributed by atoms with Crippen LogP contribution in [0.5, 0.6) is 11.8 Å². The number of phenols is 1. The van der Waals surface area contributed by atoms with Gasteiger partial charge in [-0.25, -0.2) is 4.39 Å². The second-order valence-electron chi connectivity index (χ2n) is 15.1. The number of ether oxygens (including phenoxy) is 2. The predicted octanol–water partition coefficient (Wildman–Crippen LogP) is 6.63. The molecule has 3 aromatic carbocycles. The Morgan fingerprint density at radius 2 is 1.78 bits per heavy atom. The fourth-order valence-electron chi connectivity index (χ4n) is 8.85. The van der Waals surface area contributed by atoms with Gasteiger partial charge in [-0.05, 0) is 60.9 Å². The molecule has 1 aliphatic carbocycles. The van der Waals surface area contributed by atoms with E-state index < -0.39 is 23.1 Å². The van der Waals surface area contributed by atoms with Gasteiger partial charge in [0.25, 0.3) is 0 Å². The number of piperazine rings is 1. The van der Waals surface area contributed by atoms with E-state index >= 15 is 17.6 Å². The largest absolute Gasteiger partial charge is 0.508 e. The first-order chi connectivity index (χ1) is 24.5. The van der Waals surface area contributed by atoms with E-state index in [2.05, 4.69) is 21.1 Å². The number of likely N-dealkylation sites (tertiary alicyclic amines) is 1. The lowest BCUT2D eigenvalue weighted by atomic mass is 9.90. The van der Waals surface area contributed by atoms with Crippen LogP contribution in [0.1, 0.15) is 36.8 Å². The third-order valence-electron chi connectivity index (χ3n) is 11.5. The summed E-state index contributed by atoms with van der Waals surface area (Å²) in [4.78, 5) is 13.6. The van der Waals surface area contributed by atoms with E-state index in [0.717, 1.165) is 70.7 Å². The van der Waals surface area contributed by atoms with Crippen LogP contribution in [0.3, 0.4) is 0 Å². The summed E-state index contributed by atoms with van der Waals surface area (Å²) in [6, 6.07) is 6.55. The molecule has 4 aromatic rings. The average molecular weight is 722 g/mol. The standard InChI is InChI=1S/C38H36ClF4N5O3/c1-2-26-30(39)6-3-20-9-25(49)10-27(31(20)26)32-29(38(41,42)43)11-28-34(33(32)40)45-36(46-35(28)48-14-23-4-5-24(15-48)44-23)51-19-37(7-8-37)18-47-12-21-16-50-17-22(21)13-47/h1,3,6,9-11,21-24,44,49H,4-5,7-8,12-19H2. The summed E-state index contributed by atoms with van der Waals surface area (Å²) in [5, 5.41) is 14.7. The minimum Gasteiger partial charge on any atom is -0.508 e. The number of halogens is 5. The van der Waals surface area contributed by atoms with Crippen molar-refractivity contribution in [2.75, 3.05) is 57.4 Å². The highest BCUT2D eigenvalue weighted by molar-refractivity contribution is 6.33. The van der Waals surface area contributed by atoms with Crippen molar-refractivity contribution in [1.82, 2.24) is 20.2 Å². The molecule has 1 aromatic heterocycles. The Balaban J connectivity index is 1.18. The molecule has 9 rings (SSSR count). The maximum Gasteiger partial charge on any atom is 0.417 e. The van der Waals surface area contributed by atoms with Crippen LogP contribution < -0.4 is 15.0 Å². The van der Waals surface area contributed by atoms with E-state index in [4.69, 9.17) is 32.5 Å². The van der Waals surface area contributed by atoms with E-state index in [0.29, 0.717) is 36.9 Å². The lowest BCUT2D eigenvalue weighted by Gasteiger charge is -2.34. The van der Waals surface area contributed by atoms with Gasteiger partial charge in [-0.1, -0.05) is 23.6 Å². The number of aromatic hydroxyl groups is 1. The molecule has 0 amide bonds. The SMILES string of the molecule is C#Cc1c(Cl)ccc2cc(O)cc(-c3c(C(F)(F)F)cc4c(N5CC6CCC(C5)N6)nc(OCC5(CN6CC7COCC7C6)CC5)nc4c3F)c12. The van der Waals surface area contributed by atoms with Crippen LogP contribution in [0.15, 0.2) is 30.3 Å². The van der Waals surface area contributed by atoms with E-state index in [-0.39, 0.29) is 67.5 Å². The van der Waals surface area contributed by atoms with Crippen LogP contribution in [0.4, 0.5) is 23.4 Å². The summed E-state index contributed by atoms with van der Waals surface area (Å²) in [6.45, 7) is 5.73. The summed E-state index contributed by atoms with van der Waals surface area (Å²) in [5.41, 5.74) is -2.58. The van der Waals surface area contributed by atoms with Crippen LogP contribution in [0.25, 0.3) is 32.8 Å². The number of terminal acetylenes is 1. The quantitative estimate of drug-likeness (QED) is 0.163. The van der Waals surface area contributed by atoms with Crippen molar-refractivity contribution in [2.45, 2.75) is 43.9 Å². The van der Waals surface area contributed by atoms with Crippen LogP contribution in [0.2, 0.25) is 5.02 Å². The summed E-state index contributed by atoms with van der Waals surface area (Å²) in [6.07, 6.45) is 4.58. The number of alkyl halides is 3. The maximum atomic E-state index is 17.2. The molecule has 5 fully saturated rings. The van der Waals surface area contributed by atoms with Gasteiger partial charge < -0.3 is 29.7 Å². The first-order valence-corrected chi connectivity index (χ1v) is 17.8. The van der Waals surface area contributed by atoms with Gasteiger partial charge in [-0.15, -0.1) is 6.42 Å². The maximum absolute atomic E-state index is 17.2. The van der Waals surface area contributed by atoms with Gasteiger partial charge in [0.1, 0.15) is 17.1 Å². The highest BCUT2D eigenvalue weighted by Gasteiger charge is 2.48. The van der Waals surface area contributed by atoms with Crippen LogP contribution in [0, 0.1) is 35.4 Å². The molecule has 4 aliphatic heterocycles. The molecular formula is C38H36ClF4N5O3. The Labute approximate surface area is 297 Å². The molecule has 266 valence electrons. The Morgan fingerprint density at radius 3 is 2.45 bits per heavy atom. The number of phenolic OH excluding ortho intramolecular Hbond substituents is 1. The fourth-order valence-corrected chi connectivity index (χ4v) is 9.06. The number of anilines is 1. The Morgan fingerprint density at radius 1 is 1.06 bits per heavy atom. The molecule has 0 spiro atoms. The molecule has 1 saturated carbocycles. The smallest absolute Gasteiger partial charge is 0.417 e. The molecule has 13 heteroatoms. The second-order valence-corrected chi connectivity index (χ2v) is 15.5. The number of benzene rings is 3. The van der Waals surface area contributed by atoms with Crippen molar-refractivity contribution in [3.63, 3.8) is 0 Å². The van der Waals surface area contributed by atoms with Crippen molar-refractivity contribution >= 4 is 39.1 Å². The van der Waals surface area contributed by atoms with E-state index in [1.54, 1.807) is 0 Å². The molecule has 4 atom stereocenters. The lowest BCUT2D eigenvalue weighted by Crippen LogP contribution is -2.51. The third-order valence-corrected chi connectivity index (χ3v) is 11.8. The topological polar surface area (TPSA) is 83.0 Å². The molecule has 0 radical (unpaired) electrons. The molecule has 5 aliphatic rings. The van der Waals surface area contributed by atoms with Crippen molar-refractivity contribution in [3.8, 4) is 35.2 Å². The van der Waals surface area contributed by atoms with Crippen LogP contribution >= 0.6 is 11.6 Å². The van der Waals surface area contributed by atoms with E-state index in [1.165, 1.54) is 18.2 Å². The molecular weight excluding hydrogens is 686 g/mol. The molecule has 2 bridgehead atoms. The normalized spacial score (nSPS) is 25.5. The van der Waals surface area contributed by atoms with Crippen LogP contribution in [-0.4, -0.2) is 84.6 Å². The third kappa shape index (κ3) is 5.82. The lowest BCUT2D eigenvalue weighted by molar-refractivity contribution is -0.137. The fraction of sp³-hybridized carbons (Fsp3) is 0.474. The number of rotatable bonds is 7. The molecule has 51 heavy (non-hydrogen) atoms. The van der Waals surface area contributed by atoms with Crippen molar-refractivity contribution in [2.24, 2.45) is 17.3 Å². The Kier molecular flexibility index (Phi) is 7.82. The molecule has 2 N–H and O–H groups in total. The summed E-state index contributed by atoms with van der Waals surface area (Å²) in [7, 11) is 0. The van der Waals surface area contributed by atoms with Gasteiger partial charge in [0.05, 0.1) is 36.0 Å². The summed E-state index contributed by atoms with van der Waals surface area (Å²) < 4.78 is 74.5. The number of nitrogens with one attached hydrogen (secondary N) is 1. The van der Waals surface area contributed by atoms with Gasteiger partial charge in [0.15, 0.2) is 5.82 Å². The van der Waals surface area contributed by atoms with Gasteiger partial charge in [-0.2, -0.15) is 23.1 Å².